The molecule has 0 aliphatic rings. The van der Waals surface area contributed by atoms with Gasteiger partial charge in [0.15, 0.2) is 32.9 Å². The molecule has 1 N–H and O–H groups in total. The highest BCUT2D eigenvalue weighted by molar-refractivity contribution is 7.90. The number of aromatic amines is 1. The van der Waals surface area contributed by atoms with Gasteiger partial charge in [0.1, 0.15) is 11.4 Å². The molecule has 0 saturated carbocycles. The summed E-state index contributed by atoms with van der Waals surface area (Å²) < 4.78 is 65.7. The smallest absolute Gasteiger partial charge is 0.388 e. The number of rotatable bonds is 8. The highest BCUT2D eigenvalue weighted by Crippen LogP contribution is 2.40. The first-order valence-corrected chi connectivity index (χ1v) is 12.7. The maximum absolute atomic E-state index is 12.9. The van der Waals surface area contributed by atoms with Crippen LogP contribution in [-0.4, -0.2) is 41.2 Å². The van der Waals surface area contributed by atoms with Gasteiger partial charge < -0.3 is 19.2 Å². The molecule has 0 bridgehead atoms. The third-order valence-corrected chi connectivity index (χ3v) is 6.22. The van der Waals surface area contributed by atoms with E-state index >= 15 is 0 Å². The van der Waals surface area contributed by atoms with E-state index in [0.717, 1.165) is 6.26 Å². The summed E-state index contributed by atoms with van der Waals surface area (Å²) in [5, 5.41) is 0. The van der Waals surface area contributed by atoms with E-state index in [1.165, 1.54) is 42.6 Å². The summed E-state index contributed by atoms with van der Waals surface area (Å²) in [6, 6.07) is 17.3. The number of pyridine rings is 2. The maximum Gasteiger partial charge on any atom is 0.388 e. The molecule has 0 spiro atoms. The molecule has 3 aromatic heterocycles. The lowest BCUT2D eigenvalue weighted by atomic mass is 10.2. The van der Waals surface area contributed by atoms with Gasteiger partial charge in [0.05, 0.1) is 15.9 Å². The van der Waals surface area contributed by atoms with Crippen molar-refractivity contribution in [3.05, 3.63) is 79.1 Å². The van der Waals surface area contributed by atoms with E-state index in [1.807, 2.05) is 6.07 Å². The largest absolute Gasteiger partial charge is 0.453 e. The second kappa shape index (κ2) is 9.82. The second-order valence-corrected chi connectivity index (χ2v) is 9.77. The number of H-pyrrole nitrogens is 1. The molecule has 0 aliphatic heterocycles. The normalized spacial score (nSPS) is 11.6. The zero-order valence-corrected chi connectivity index (χ0v) is 19.9. The van der Waals surface area contributed by atoms with Crippen molar-refractivity contribution < 1.29 is 31.4 Å². The third-order valence-electron chi connectivity index (χ3n) is 5.09. The zero-order chi connectivity index (χ0) is 26.0. The predicted molar refractivity (Wildman–Crippen MR) is 130 cm³/mol. The van der Waals surface area contributed by atoms with Crippen LogP contribution >= 0.6 is 0 Å². The number of hydrogen-bond acceptors (Lipinski definition) is 8. The van der Waals surface area contributed by atoms with Crippen molar-refractivity contribution >= 4 is 20.9 Å². The van der Waals surface area contributed by atoms with Crippen LogP contribution in [0.2, 0.25) is 0 Å². The minimum absolute atomic E-state index is 0.0695. The lowest BCUT2D eigenvalue weighted by Crippen LogP contribution is -2.05. The second-order valence-electron chi connectivity index (χ2n) is 7.75. The standard InChI is InChI=1S/C25H18F2N4O5S/c1-37(32,33)16-9-7-15(8-10-16)34-21-13-18-19(31-23(30-18)17-5-2-3-11-28-17)14-22(21)35-20-6-4-12-29-24(20)36-25(26)27/h2-14,25H,1H3,(H,30,31). The average Bonchev–Trinajstić information content (AvgIpc) is 3.28. The number of imidazole rings is 1. The fourth-order valence-electron chi connectivity index (χ4n) is 3.43. The van der Waals surface area contributed by atoms with Crippen LogP contribution in [0.15, 0.2) is 84.0 Å². The highest BCUT2D eigenvalue weighted by Gasteiger charge is 2.18. The SMILES string of the molecule is CS(=O)(=O)c1ccc(Oc2cc3[nH]c(-c4ccccn4)nc3cc2Oc2cccnc2OC(F)F)cc1. The summed E-state index contributed by atoms with van der Waals surface area (Å²) in [7, 11) is -3.39. The van der Waals surface area contributed by atoms with E-state index in [4.69, 9.17) is 9.47 Å². The Kier molecular flexibility index (Phi) is 6.40. The summed E-state index contributed by atoms with van der Waals surface area (Å²) in [5.41, 5.74) is 1.70. The zero-order valence-electron chi connectivity index (χ0n) is 19.1. The van der Waals surface area contributed by atoms with E-state index in [2.05, 4.69) is 24.7 Å². The van der Waals surface area contributed by atoms with Crippen molar-refractivity contribution in [1.82, 2.24) is 19.9 Å². The fraction of sp³-hybridized carbons (Fsp3) is 0.0800. The molecule has 5 rings (SSSR count). The highest BCUT2D eigenvalue weighted by atomic mass is 32.2. The van der Waals surface area contributed by atoms with Gasteiger partial charge in [-0.1, -0.05) is 6.07 Å². The van der Waals surface area contributed by atoms with Gasteiger partial charge in [-0.25, -0.2) is 18.4 Å². The van der Waals surface area contributed by atoms with Gasteiger partial charge in [-0.15, -0.1) is 0 Å². The summed E-state index contributed by atoms with van der Waals surface area (Å²) in [6.07, 6.45) is 4.03. The number of hydrogen-bond donors (Lipinski definition) is 1. The van der Waals surface area contributed by atoms with Crippen molar-refractivity contribution in [2.24, 2.45) is 0 Å². The van der Waals surface area contributed by atoms with Crippen molar-refractivity contribution in [2.45, 2.75) is 11.5 Å². The number of sulfone groups is 1. The van der Waals surface area contributed by atoms with Crippen LogP contribution in [0.25, 0.3) is 22.6 Å². The van der Waals surface area contributed by atoms with E-state index < -0.39 is 22.3 Å². The van der Waals surface area contributed by atoms with Gasteiger partial charge in [0.2, 0.25) is 0 Å². The van der Waals surface area contributed by atoms with Crippen LogP contribution < -0.4 is 14.2 Å². The van der Waals surface area contributed by atoms with E-state index in [1.54, 1.807) is 30.5 Å². The Balaban J connectivity index is 1.57. The summed E-state index contributed by atoms with van der Waals surface area (Å²) in [4.78, 5) is 16.0. The van der Waals surface area contributed by atoms with E-state index in [0.29, 0.717) is 28.3 Å². The van der Waals surface area contributed by atoms with Crippen molar-refractivity contribution in [3.8, 4) is 40.4 Å². The molecule has 9 nitrogen and oxygen atoms in total. The molecule has 2 aromatic carbocycles. The third kappa shape index (κ3) is 5.48. The number of alkyl halides is 2. The minimum atomic E-state index is -3.39. The van der Waals surface area contributed by atoms with E-state index in [-0.39, 0.29) is 22.1 Å². The van der Waals surface area contributed by atoms with Gasteiger partial charge in [0, 0.05) is 30.8 Å². The van der Waals surface area contributed by atoms with Crippen LogP contribution in [0.5, 0.6) is 28.9 Å². The lowest BCUT2D eigenvalue weighted by Gasteiger charge is -2.14. The van der Waals surface area contributed by atoms with Crippen molar-refractivity contribution in [2.75, 3.05) is 6.26 Å². The number of halogens is 2. The van der Waals surface area contributed by atoms with Gasteiger partial charge in [-0.05, 0) is 48.5 Å². The monoisotopic (exact) mass is 524 g/mol. The minimum Gasteiger partial charge on any atom is -0.453 e. The molecule has 12 heteroatoms. The Morgan fingerprint density at radius 3 is 2.32 bits per heavy atom. The van der Waals surface area contributed by atoms with Crippen LogP contribution in [-0.2, 0) is 9.84 Å². The number of aromatic nitrogens is 4. The molecule has 0 radical (unpaired) electrons. The maximum atomic E-state index is 12.9. The lowest BCUT2D eigenvalue weighted by molar-refractivity contribution is -0.0541. The molecule has 0 fully saturated rings. The molecule has 0 saturated heterocycles. The Morgan fingerprint density at radius 1 is 0.865 bits per heavy atom. The molecule has 0 atom stereocenters. The molecule has 3 heterocycles. The number of nitrogens with one attached hydrogen (secondary N) is 1. The van der Waals surface area contributed by atoms with Crippen LogP contribution in [0.3, 0.4) is 0 Å². The van der Waals surface area contributed by atoms with Crippen molar-refractivity contribution in [1.29, 1.82) is 0 Å². The molecule has 37 heavy (non-hydrogen) atoms. The first-order valence-electron chi connectivity index (χ1n) is 10.8. The fourth-order valence-corrected chi connectivity index (χ4v) is 4.06. The topological polar surface area (TPSA) is 116 Å². The predicted octanol–water partition coefficient (Wildman–Crippen LogP) is 5.61. The molecule has 0 amide bonds. The first-order chi connectivity index (χ1) is 17.8. The molecular formula is C25H18F2N4O5S. The number of benzene rings is 2. The van der Waals surface area contributed by atoms with Gasteiger partial charge in [0.25, 0.3) is 5.88 Å². The summed E-state index contributed by atoms with van der Waals surface area (Å²) in [5.74, 6) is 0.668. The van der Waals surface area contributed by atoms with Gasteiger partial charge in [-0.2, -0.15) is 8.78 Å². The van der Waals surface area contributed by atoms with Gasteiger partial charge in [-0.3, -0.25) is 4.98 Å². The average molecular weight is 525 g/mol. The van der Waals surface area contributed by atoms with E-state index in [9.17, 15) is 17.2 Å². The van der Waals surface area contributed by atoms with Crippen molar-refractivity contribution in [3.63, 3.8) is 0 Å². The molecule has 0 aliphatic carbocycles. The first kappa shape index (κ1) is 24.1. The molecule has 188 valence electrons. The van der Waals surface area contributed by atoms with Crippen LogP contribution in [0, 0.1) is 0 Å². The summed E-state index contributed by atoms with van der Waals surface area (Å²) in [6.45, 7) is -3.10. The number of fused-ring (bicyclic) bond motifs is 1. The quantitative estimate of drug-likeness (QED) is 0.278. The number of nitrogens with zero attached hydrogens (tertiary/aromatic N) is 3. The Bertz CT molecular complexity index is 1660. The molecule has 5 aromatic rings. The van der Waals surface area contributed by atoms with Crippen LogP contribution in [0.1, 0.15) is 0 Å². The Hall–Kier alpha value is -4.58. The van der Waals surface area contributed by atoms with Crippen LogP contribution in [0.4, 0.5) is 8.78 Å². The Morgan fingerprint density at radius 2 is 1.62 bits per heavy atom. The number of ether oxygens (including phenoxy) is 3. The molecular weight excluding hydrogens is 506 g/mol. The Labute approximate surface area is 209 Å². The summed E-state index contributed by atoms with van der Waals surface area (Å²) >= 11 is 0. The van der Waals surface area contributed by atoms with Gasteiger partial charge >= 0.3 is 6.61 Å². The molecule has 0 unspecified atom stereocenters.